The Hall–Kier alpha value is -4.68. The van der Waals surface area contributed by atoms with Gasteiger partial charge in [-0.2, -0.15) is 0 Å². The van der Waals surface area contributed by atoms with Gasteiger partial charge in [-0.05, 0) is 77.0 Å². The van der Waals surface area contributed by atoms with Crippen LogP contribution in [0.5, 0.6) is 11.5 Å². The van der Waals surface area contributed by atoms with Crippen LogP contribution in [-0.2, 0) is 27.1 Å². The van der Waals surface area contributed by atoms with Crippen molar-refractivity contribution >= 4 is 28.6 Å². The molecule has 2 aliphatic rings. The number of nitrogens with one attached hydrogen (secondary N) is 1. The van der Waals surface area contributed by atoms with Crippen LogP contribution in [-0.4, -0.2) is 58.0 Å². The largest absolute Gasteiger partial charge is 0.507 e. The van der Waals surface area contributed by atoms with Crippen molar-refractivity contribution in [3.63, 3.8) is 0 Å². The Morgan fingerprint density at radius 1 is 1.18 bits per heavy atom. The van der Waals surface area contributed by atoms with Crippen LogP contribution in [0, 0.1) is 6.92 Å². The molecule has 12 nitrogen and oxygen atoms in total. The number of hydrogen-bond donors (Lipinski definition) is 4. The molecule has 0 aliphatic carbocycles. The Labute approximate surface area is 259 Å². The average molecular weight is 616 g/mol. The minimum atomic E-state index is -1.13. The zero-order valence-electron chi connectivity index (χ0n) is 25.7. The second-order valence-corrected chi connectivity index (χ2v) is 12.2. The van der Waals surface area contributed by atoms with Crippen LogP contribution in [0.2, 0.25) is 0 Å². The molecule has 0 spiro atoms. The van der Waals surface area contributed by atoms with Gasteiger partial charge in [0, 0.05) is 42.3 Å². The molecule has 12 heteroatoms. The molecule has 0 saturated carbocycles. The first-order chi connectivity index (χ1) is 21.4. The van der Waals surface area contributed by atoms with E-state index in [0.717, 1.165) is 11.1 Å². The number of carbonyl (C=O) groups excluding carboxylic acids is 1. The number of fused-ring (bicyclic) bond motifs is 2. The number of nitrogens with zero attached hydrogens (tertiary/aromatic N) is 2. The lowest BCUT2D eigenvalue weighted by atomic mass is 9.89. The summed E-state index contributed by atoms with van der Waals surface area (Å²) in [5, 5.41) is 14.2. The van der Waals surface area contributed by atoms with Crippen LogP contribution in [0.3, 0.4) is 0 Å². The number of pyridine rings is 2. The Morgan fingerprint density at radius 2 is 1.98 bits per heavy atom. The van der Waals surface area contributed by atoms with Crippen molar-refractivity contribution in [1.29, 1.82) is 0 Å². The number of benzene rings is 1. The number of ether oxygens (including phenoxy) is 3. The van der Waals surface area contributed by atoms with Gasteiger partial charge < -0.3 is 40.5 Å². The number of hydrogen-bond acceptors (Lipinski definition) is 12. The first kappa shape index (κ1) is 30.4. The van der Waals surface area contributed by atoms with Crippen LogP contribution < -0.4 is 26.9 Å². The SMILES string of the molecule is CNCCC1(C(=O)OC2Cc3c(cc4oc(C)cc(=O)c4c3O)OC2(C)C)OC1CCc1cc(N)nc(-c2ccnc(N)c2)c1. The lowest BCUT2D eigenvalue weighted by molar-refractivity contribution is -0.167. The fourth-order valence-corrected chi connectivity index (χ4v) is 6.05. The van der Waals surface area contributed by atoms with E-state index in [-0.39, 0.29) is 34.7 Å². The maximum Gasteiger partial charge on any atom is 0.341 e. The number of anilines is 2. The molecule has 0 amide bonds. The second kappa shape index (κ2) is 11.4. The Balaban J connectivity index is 1.20. The van der Waals surface area contributed by atoms with Crippen molar-refractivity contribution in [2.75, 3.05) is 25.1 Å². The standard InChI is InChI=1S/C33H37N5O7/c1-17-11-22(39)29-24(42-17)16-23-20(30(29)40)15-26(32(2,3)44-23)43-31(41)33(8-10-36-4)25(45-33)6-5-18-12-21(38-28(35)13-18)19-7-9-37-27(34)14-19/h7,9,11-14,16,25-26,36,40H,5-6,8,10,15H2,1-4H3,(H2,34,37)(H2,35,38). The molecule has 236 valence electrons. The molecule has 5 heterocycles. The number of aromatic nitrogens is 2. The summed E-state index contributed by atoms with van der Waals surface area (Å²) in [4.78, 5) is 35.0. The third kappa shape index (κ3) is 5.78. The highest BCUT2D eigenvalue weighted by atomic mass is 16.7. The van der Waals surface area contributed by atoms with E-state index in [1.54, 1.807) is 31.3 Å². The lowest BCUT2D eigenvalue weighted by Gasteiger charge is -2.39. The number of rotatable bonds is 9. The van der Waals surface area contributed by atoms with Gasteiger partial charge in [-0.15, -0.1) is 0 Å². The highest BCUT2D eigenvalue weighted by molar-refractivity contribution is 5.87. The quantitative estimate of drug-likeness (QED) is 0.159. The molecule has 1 saturated heterocycles. The van der Waals surface area contributed by atoms with Gasteiger partial charge in [-0.3, -0.25) is 4.79 Å². The molecule has 0 bridgehead atoms. The number of epoxide rings is 1. The van der Waals surface area contributed by atoms with Gasteiger partial charge in [-0.25, -0.2) is 14.8 Å². The Bertz CT molecular complexity index is 1860. The normalized spacial score (nSPS) is 21.6. The van der Waals surface area contributed by atoms with Gasteiger partial charge in [0.1, 0.15) is 51.6 Å². The maximum absolute atomic E-state index is 13.8. The van der Waals surface area contributed by atoms with Gasteiger partial charge in [0.2, 0.25) is 0 Å². The molecule has 2 aliphatic heterocycles. The van der Waals surface area contributed by atoms with Crippen molar-refractivity contribution in [3.8, 4) is 22.8 Å². The summed E-state index contributed by atoms with van der Waals surface area (Å²) in [5.41, 5.74) is 12.6. The Kier molecular flexibility index (Phi) is 7.66. The number of phenolic OH excluding ortho intramolecular Hbond substituents is 1. The summed E-state index contributed by atoms with van der Waals surface area (Å²) in [6, 6.07) is 10.2. The highest BCUT2D eigenvalue weighted by Crippen LogP contribution is 2.47. The summed E-state index contributed by atoms with van der Waals surface area (Å²) in [6.45, 7) is 5.83. The number of esters is 1. The van der Waals surface area contributed by atoms with Gasteiger partial charge in [0.15, 0.2) is 11.0 Å². The molecule has 6 N–H and O–H groups in total. The number of nitrogens with two attached hydrogens (primary N) is 2. The van der Waals surface area contributed by atoms with Crippen LogP contribution in [0.15, 0.2) is 51.8 Å². The number of aromatic hydroxyl groups is 1. The van der Waals surface area contributed by atoms with Gasteiger partial charge >= 0.3 is 5.97 Å². The minimum absolute atomic E-state index is 0.0659. The lowest BCUT2D eigenvalue weighted by Crippen LogP contribution is -2.50. The maximum atomic E-state index is 13.8. The van der Waals surface area contributed by atoms with E-state index in [0.29, 0.717) is 60.2 Å². The van der Waals surface area contributed by atoms with Gasteiger partial charge in [0.05, 0.1) is 11.8 Å². The topological polar surface area (TPSA) is 188 Å². The van der Waals surface area contributed by atoms with Crippen LogP contribution in [0.1, 0.15) is 43.6 Å². The molecular formula is C33H37N5O7. The predicted octanol–water partition coefficient (Wildman–Crippen LogP) is 3.43. The Morgan fingerprint density at radius 3 is 2.73 bits per heavy atom. The third-order valence-electron chi connectivity index (χ3n) is 8.55. The van der Waals surface area contributed by atoms with Crippen molar-refractivity contribution in [1.82, 2.24) is 15.3 Å². The summed E-state index contributed by atoms with van der Waals surface area (Å²) < 4.78 is 24.1. The van der Waals surface area contributed by atoms with Crippen LogP contribution in [0.4, 0.5) is 11.6 Å². The average Bonchev–Trinajstić information content (AvgIpc) is 3.69. The van der Waals surface area contributed by atoms with Crippen molar-refractivity contribution in [2.45, 2.75) is 69.9 Å². The number of nitrogen functional groups attached to an aromatic ring is 2. The van der Waals surface area contributed by atoms with E-state index in [9.17, 15) is 14.7 Å². The van der Waals surface area contributed by atoms with E-state index in [4.69, 9.17) is 30.1 Å². The first-order valence-corrected chi connectivity index (χ1v) is 14.9. The minimum Gasteiger partial charge on any atom is -0.507 e. The molecule has 3 aromatic heterocycles. The summed E-state index contributed by atoms with van der Waals surface area (Å²) >= 11 is 0. The molecule has 0 radical (unpaired) electrons. The summed E-state index contributed by atoms with van der Waals surface area (Å²) in [7, 11) is 1.81. The van der Waals surface area contributed by atoms with Crippen molar-refractivity contribution in [2.24, 2.45) is 0 Å². The number of phenols is 1. The molecule has 1 fully saturated rings. The molecule has 45 heavy (non-hydrogen) atoms. The summed E-state index contributed by atoms with van der Waals surface area (Å²) in [6.07, 6.45) is 2.18. The molecule has 6 rings (SSSR count). The second-order valence-electron chi connectivity index (χ2n) is 12.2. The smallest absolute Gasteiger partial charge is 0.341 e. The highest BCUT2D eigenvalue weighted by Gasteiger charge is 2.63. The molecule has 1 aromatic carbocycles. The van der Waals surface area contributed by atoms with E-state index in [1.807, 2.05) is 33.0 Å². The molecule has 4 aromatic rings. The zero-order chi connectivity index (χ0) is 32.1. The van der Waals surface area contributed by atoms with Crippen molar-refractivity contribution in [3.05, 3.63) is 69.7 Å². The fourth-order valence-electron chi connectivity index (χ4n) is 6.05. The van der Waals surface area contributed by atoms with E-state index < -0.39 is 23.3 Å². The number of carbonyl (C=O) groups is 1. The summed E-state index contributed by atoms with van der Waals surface area (Å²) in [5.74, 6) is 0.832. The van der Waals surface area contributed by atoms with Gasteiger partial charge in [0.25, 0.3) is 0 Å². The third-order valence-corrected chi connectivity index (χ3v) is 8.55. The first-order valence-electron chi connectivity index (χ1n) is 14.9. The van der Waals surface area contributed by atoms with Gasteiger partial charge in [-0.1, -0.05) is 0 Å². The van der Waals surface area contributed by atoms with E-state index >= 15 is 0 Å². The fraction of sp³-hybridized carbons (Fsp3) is 0.394. The number of aryl methyl sites for hydroxylation is 2. The van der Waals surface area contributed by atoms with Crippen LogP contribution >= 0.6 is 0 Å². The molecule has 3 atom stereocenters. The zero-order valence-corrected chi connectivity index (χ0v) is 25.7. The molecule has 3 unspecified atom stereocenters. The van der Waals surface area contributed by atoms with Crippen LogP contribution in [0.25, 0.3) is 22.2 Å². The molecular weight excluding hydrogens is 578 g/mol. The predicted molar refractivity (Wildman–Crippen MR) is 168 cm³/mol. The monoisotopic (exact) mass is 615 g/mol. The van der Waals surface area contributed by atoms with Crippen molar-refractivity contribution < 1.29 is 28.5 Å². The van der Waals surface area contributed by atoms with E-state index in [2.05, 4.69) is 15.3 Å². The van der Waals surface area contributed by atoms with E-state index in [1.165, 1.54) is 6.07 Å².